The van der Waals surface area contributed by atoms with E-state index in [4.69, 9.17) is 4.74 Å². The molecule has 7 heteroatoms. The van der Waals surface area contributed by atoms with E-state index in [2.05, 4.69) is 27.6 Å². The summed E-state index contributed by atoms with van der Waals surface area (Å²) in [5.41, 5.74) is 1.12. The molecule has 3 rings (SSSR count). The molecule has 0 atom stereocenters. The number of benzene rings is 2. The van der Waals surface area contributed by atoms with Gasteiger partial charge in [-0.05, 0) is 52.9 Å². The van der Waals surface area contributed by atoms with Gasteiger partial charge in [0, 0.05) is 3.57 Å². The second-order valence-corrected chi connectivity index (χ2v) is 6.00. The van der Waals surface area contributed by atoms with E-state index < -0.39 is 12.5 Å². The molecular weight excluding hydrogens is 417 g/mol. The van der Waals surface area contributed by atoms with Crippen molar-refractivity contribution in [1.82, 2.24) is 9.55 Å². The first-order valence-corrected chi connectivity index (χ1v) is 7.81. The van der Waals surface area contributed by atoms with Crippen molar-refractivity contribution in [1.29, 1.82) is 0 Å². The van der Waals surface area contributed by atoms with Crippen molar-refractivity contribution in [2.24, 2.45) is 0 Å². The Morgan fingerprint density at radius 1 is 1.22 bits per heavy atom. The van der Waals surface area contributed by atoms with Crippen LogP contribution in [0.2, 0.25) is 0 Å². The average molecular weight is 428 g/mol. The maximum atomic E-state index is 13.3. The van der Waals surface area contributed by atoms with Gasteiger partial charge in [-0.2, -0.15) is 8.78 Å². The fraction of sp³-hybridized carbons (Fsp3) is 0.125. The van der Waals surface area contributed by atoms with Crippen molar-refractivity contribution >= 4 is 39.6 Å². The van der Waals surface area contributed by atoms with E-state index in [0.717, 1.165) is 8.14 Å². The van der Waals surface area contributed by atoms with E-state index in [1.54, 1.807) is 42.5 Å². The molecule has 0 aliphatic heterocycles. The molecule has 2 aromatic carbocycles. The summed E-state index contributed by atoms with van der Waals surface area (Å²) in [6.45, 7) is -3.07. The third kappa shape index (κ3) is 3.34. The van der Waals surface area contributed by atoms with Gasteiger partial charge in [-0.1, -0.05) is 18.2 Å². The Balaban J connectivity index is 1.84. The number of hydrogen-bond acceptors (Lipinski definition) is 3. The van der Waals surface area contributed by atoms with Gasteiger partial charge >= 0.3 is 12.5 Å². The first-order chi connectivity index (χ1) is 11.1. The van der Waals surface area contributed by atoms with Crippen LogP contribution in [0.1, 0.15) is 22.7 Å². The number of esters is 1. The number of halogens is 3. The molecule has 0 amide bonds. The van der Waals surface area contributed by atoms with Gasteiger partial charge in [0.05, 0.1) is 16.6 Å². The Bertz CT molecular complexity index is 864. The summed E-state index contributed by atoms with van der Waals surface area (Å²) < 4.78 is 33.3. The number of hydrogen-bond donors (Lipinski definition) is 0. The van der Waals surface area contributed by atoms with Crippen LogP contribution in [0.4, 0.5) is 8.78 Å². The van der Waals surface area contributed by atoms with Crippen LogP contribution in [0.15, 0.2) is 48.5 Å². The quantitative estimate of drug-likeness (QED) is 0.458. The molecule has 0 unspecified atom stereocenters. The summed E-state index contributed by atoms with van der Waals surface area (Å²) in [4.78, 5) is 16.1. The molecule has 118 valence electrons. The Morgan fingerprint density at radius 3 is 2.74 bits per heavy atom. The molecule has 0 saturated carbocycles. The number of carbonyl (C=O) groups is 1. The van der Waals surface area contributed by atoms with Crippen LogP contribution < -0.4 is 0 Å². The number of carbonyl (C=O) groups excluding carboxylic acids is 1. The molecule has 0 radical (unpaired) electrons. The average Bonchev–Trinajstić information content (AvgIpc) is 2.91. The summed E-state index contributed by atoms with van der Waals surface area (Å²) in [5, 5.41) is 0. The van der Waals surface area contributed by atoms with Crippen LogP contribution in [-0.4, -0.2) is 15.5 Å². The predicted octanol–water partition coefficient (Wildman–Crippen LogP) is 4.39. The zero-order valence-corrected chi connectivity index (χ0v) is 13.9. The maximum Gasteiger partial charge on any atom is 0.338 e. The Labute approximate surface area is 144 Å². The summed E-state index contributed by atoms with van der Waals surface area (Å²) >= 11 is 2.08. The molecule has 3 aromatic rings. The van der Waals surface area contributed by atoms with Gasteiger partial charge in [-0.15, -0.1) is 0 Å². The van der Waals surface area contributed by atoms with Gasteiger partial charge in [0.1, 0.15) is 6.61 Å². The van der Waals surface area contributed by atoms with Crippen LogP contribution in [0, 0.1) is 3.57 Å². The molecule has 1 aromatic heterocycles. The number of alkyl halides is 2. The van der Waals surface area contributed by atoms with E-state index in [-0.39, 0.29) is 12.4 Å². The lowest BCUT2D eigenvalue weighted by Crippen LogP contribution is -2.10. The van der Waals surface area contributed by atoms with E-state index in [9.17, 15) is 13.6 Å². The SMILES string of the molecule is O=C(OCc1nc2ccccc2n1C(F)F)c1cccc(I)c1. The van der Waals surface area contributed by atoms with Gasteiger partial charge in [0.2, 0.25) is 0 Å². The van der Waals surface area contributed by atoms with Crippen molar-refractivity contribution in [3.8, 4) is 0 Å². The maximum absolute atomic E-state index is 13.3. The lowest BCUT2D eigenvalue weighted by molar-refractivity contribution is 0.0387. The van der Waals surface area contributed by atoms with Crippen molar-refractivity contribution in [2.75, 3.05) is 0 Å². The number of nitrogens with zero attached hydrogens (tertiary/aromatic N) is 2. The molecule has 4 nitrogen and oxygen atoms in total. The number of rotatable bonds is 4. The van der Waals surface area contributed by atoms with Crippen LogP contribution >= 0.6 is 22.6 Å². The number of para-hydroxylation sites is 2. The first-order valence-electron chi connectivity index (χ1n) is 6.73. The largest absolute Gasteiger partial charge is 0.454 e. The molecule has 0 bridgehead atoms. The predicted molar refractivity (Wildman–Crippen MR) is 89.3 cm³/mol. The topological polar surface area (TPSA) is 44.1 Å². The summed E-state index contributed by atoms with van der Waals surface area (Å²) in [6.07, 6.45) is 0. The summed E-state index contributed by atoms with van der Waals surface area (Å²) in [6, 6.07) is 13.4. The standard InChI is InChI=1S/C16H11F2IN2O2/c17-16(18)21-13-7-2-1-6-12(13)20-14(21)9-23-15(22)10-4-3-5-11(19)8-10/h1-8,16H,9H2. The second kappa shape index (κ2) is 6.61. The molecule has 0 aliphatic rings. The molecule has 1 heterocycles. The normalized spacial score (nSPS) is 11.1. The Kier molecular flexibility index (Phi) is 4.56. The minimum atomic E-state index is -2.76. The Morgan fingerprint density at radius 2 is 2.00 bits per heavy atom. The lowest BCUT2D eigenvalue weighted by Gasteiger charge is -2.08. The van der Waals surface area contributed by atoms with Gasteiger partial charge in [-0.25, -0.2) is 9.78 Å². The van der Waals surface area contributed by atoms with E-state index >= 15 is 0 Å². The second-order valence-electron chi connectivity index (χ2n) is 4.75. The Hall–Kier alpha value is -2.03. The third-order valence-electron chi connectivity index (χ3n) is 3.26. The number of imidazole rings is 1. The van der Waals surface area contributed by atoms with E-state index in [1.807, 2.05) is 6.07 Å². The molecular formula is C16H11F2IN2O2. The highest BCUT2D eigenvalue weighted by atomic mass is 127. The van der Waals surface area contributed by atoms with Crippen molar-refractivity contribution in [2.45, 2.75) is 13.2 Å². The van der Waals surface area contributed by atoms with Gasteiger partial charge in [0.25, 0.3) is 0 Å². The highest BCUT2D eigenvalue weighted by molar-refractivity contribution is 14.1. The minimum Gasteiger partial charge on any atom is -0.454 e. The lowest BCUT2D eigenvalue weighted by atomic mass is 10.2. The van der Waals surface area contributed by atoms with Gasteiger partial charge in [-0.3, -0.25) is 4.57 Å². The highest BCUT2D eigenvalue weighted by Gasteiger charge is 2.19. The highest BCUT2D eigenvalue weighted by Crippen LogP contribution is 2.23. The van der Waals surface area contributed by atoms with E-state index in [1.165, 1.54) is 0 Å². The van der Waals surface area contributed by atoms with Crippen LogP contribution in [-0.2, 0) is 11.3 Å². The van der Waals surface area contributed by atoms with Crippen LogP contribution in [0.5, 0.6) is 0 Å². The smallest absolute Gasteiger partial charge is 0.338 e. The van der Waals surface area contributed by atoms with Crippen LogP contribution in [0.25, 0.3) is 11.0 Å². The monoisotopic (exact) mass is 428 g/mol. The van der Waals surface area contributed by atoms with Crippen LogP contribution in [0.3, 0.4) is 0 Å². The van der Waals surface area contributed by atoms with E-state index in [0.29, 0.717) is 16.6 Å². The molecule has 0 fully saturated rings. The van der Waals surface area contributed by atoms with Gasteiger partial charge in [0.15, 0.2) is 5.82 Å². The molecule has 0 aliphatic carbocycles. The molecule has 0 saturated heterocycles. The number of aromatic nitrogens is 2. The number of ether oxygens (including phenoxy) is 1. The number of fused-ring (bicyclic) bond motifs is 1. The molecule has 0 N–H and O–H groups in total. The van der Waals surface area contributed by atoms with Gasteiger partial charge < -0.3 is 4.74 Å². The van der Waals surface area contributed by atoms with Crippen molar-refractivity contribution in [3.05, 3.63) is 63.5 Å². The van der Waals surface area contributed by atoms with Crippen molar-refractivity contribution in [3.63, 3.8) is 0 Å². The molecule has 0 spiro atoms. The minimum absolute atomic E-state index is 0.0141. The fourth-order valence-corrected chi connectivity index (χ4v) is 2.79. The fourth-order valence-electron chi connectivity index (χ4n) is 2.24. The molecule has 23 heavy (non-hydrogen) atoms. The summed E-state index contributed by atoms with van der Waals surface area (Å²) in [5.74, 6) is -0.559. The summed E-state index contributed by atoms with van der Waals surface area (Å²) in [7, 11) is 0. The first kappa shape index (κ1) is 15.9. The zero-order valence-electron chi connectivity index (χ0n) is 11.7. The zero-order chi connectivity index (χ0) is 16.4. The van der Waals surface area contributed by atoms with Crippen molar-refractivity contribution < 1.29 is 18.3 Å². The third-order valence-corrected chi connectivity index (χ3v) is 3.93.